The molecule has 1 atom stereocenters. The monoisotopic (exact) mass is 760 g/mol. The molecule has 2 heterocycles. The number of aromatic nitrogens is 1. The molecular formula is C36H30Br2N2O5S. The Morgan fingerprint density at radius 1 is 0.978 bits per heavy atom. The quantitative estimate of drug-likeness (QED) is 0.146. The average molecular weight is 763 g/mol. The van der Waals surface area contributed by atoms with Crippen LogP contribution in [0.25, 0.3) is 16.8 Å². The van der Waals surface area contributed by atoms with Gasteiger partial charge in [-0.25, -0.2) is 9.79 Å². The minimum Gasteiger partial charge on any atom is -0.490 e. The zero-order valence-corrected chi connectivity index (χ0v) is 29.4. The molecule has 6 rings (SSSR count). The van der Waals surface area contributed by atoms with Crippen LogP contribution in [0.15, 0.2) is 109 Å². The number of benzene rings is 4. The summed E-state index contributed by atoms with van der Waals surface area (Å²) in [6.45, 7) is 6.48. The minimum absolute atomic E-state index is 0.210. The van der Waals surface area contributed by atoms with Crippen molar-refractivity contribution in [2.75, 3.05) is 13.2 Å². The van der Waals surface area contributed by atoms with Crippen molar-refractivity contribution in [1.29, 1.82) is 0 Å². The number of hydrogen-bond donors (Lipinski definition) is 0. The first-order chi connectivity index (χ1) is 22.3. The molecule has 7 nitrogen and oxygen atoms in total. The van der Waals surface area contributed by atoms with Gasteiger partial charge in [0, 0.05) is 4.47 Å². The Labute approximate surface area is 286 Å². The van der Waals surface area contributed by atoms with Gasteiger partial charge < -0.3 is 14.2 Å². The van der Waals surface area contributed by atoms with Gasteiger partial charge in [0.1, 0.15) is 6.61 Å². The Morgan fingerprint density at radius 2 is 1.74 bits per heavy atom. The predicted molar refractivity (Wildman–Crippen MR) is 188 cm³/mol. The van der Waals surface area contributed by atoms with E-state index in [1.165, 1.54) is 11.3 Å². The molecule has 0 saturated heterocycles. The first-order valence-electron chi connectivity index (χ1n) is 14.8. The second-order valence-electron chi connectivity index (χ2n) is 10.5. The van der Waals surface area contributed by atoms with E-state index in [4.69, 9.17) is 19.2 Å². The molecule has 0 N–H and O–H groups in total. The van der Waals surface area contributed by atoms with E-state index in [2.05, 4.69) is 31.9 Å². The summed E-state index contributed by atoms with van der Waals surface area (Å²) in [7, 11) is 0. The van der Waals surface area contributed by atoms with E-state index in [1.807, 2.05) is 91.9 Å². The molecule has 0 fully saturated rings. The van der Waals surface area contributed by atoms with E-state index in [0.717, 1.165) is 31.9 Å². The van der Waals surface area contributed by atoms with Crippen LogP contribution < -0.4 is 24.4 Å². The molecule has 0 aliphatic carbocycles. The van der Waals surface area contributed by atoms with Gasteiger partial charge in [-0.2, -0.15) is 0 Å². The van der Waals surface area contributed by atoms with E-state index in [0.29, 0.717) is 49.8 Å². The molecule has 5 aromatic rings. The fourth-order valence-corrected chi connectivity index (χ4v) is 7.42. The van der Waals surface area contributed by atoms with E-state index in [1.54, 1.807) is 18.4 Å². The van der Waals surface area contributed by atoms with E-state index in [-0.39, 0.29) is 12.2 Å². The second kappa shape index (κ2) is 13.8. The second-order valence-corrected chi connectivity index (χ2v) is 13.3. The maximum Gasteiger partial charge on any atom is 0.338 e. The predicted octanol–water partition coefficient (Wildman–Crippen LogP) is 7.45. The van der Waals surface area contributed by atoms with E-state index < -0.39 is 12.0 Å². The number of ether oxygens (including phenoxy) is 3. The number of hydrogen-bond acceptors (Lipinski definition) is 7. The van der Waals surface area contributed by atoms with Gasteiger partial charge in [-0.3, -0.25) is 9.36 Å². The highest BCUT2D eigenvalue weighted by atomic mass is 79.9. The highest BCUT2D eigenvalue weighted by Crippen LogP contribution is 2.38. The number of thiazole rings is 1. The number of allylic oxidation sites excluding steroid dienone is 1. The molecule has 4 aromatic carbocycles. The number of carbonyl (C=O) groups excluding carboxylic acids is 1. The summed E-state index contributed by atoms with van der Waals surface area (Å²) < 4.78 is 21.4. The topological polar surface area (TPSA) is 79.1 Å². The lowest BCUT2D eigenvalue weighted by molar-refractivity contribution is -0.139. The van der Waals surface area contributed by atoms with Gasteiger partial charge in [0.25, 0.3) is 5.56 Å². The molecule has 1 aromatic heterocycles. The Hall–Kier alpha value is -3.99. The summed E-state index contributed by atoms with van der Waals surface area (Å²) in [5, 5.41) is 1.96. The van der Waals surface area contributed by atoms with Crippen molar-refractivity contribution in [2.24, 2.45) is 4.99 Å². The van der Waals surface area contributed by atoms with Crippen LogP contribution in [-0.2, 0) is 16.1 Å². The maximum atomic E-state index is 14.3. The van der Waals surface area contributed by atoms with Gasteiger partial charge in [0.15, 0.2) is 16.3 Å². The Balaban J connectivity index is 1.46. The van der Waals surface area contributed by atoms with Gasteiger partial charge in [0.05, 0.1) is 39.5 Å². The molecule has 0 radical (unpaired) electrons. The fourth-order valence-electron chi connectivity index (χ4n) is 5.54. The third kappa shape index (κ3) is 6.34. The van der Waals surface area contributed by atoms with Gasteiger partial charge >= 0.3 is 5.97 Å². The molecule has 0 spiro atoms. The Kier molecular flexibility index (Phi) is 9.58. The van der Waals surface area contributed by atoms with Crippen LogP contribution in [0.4, 0.5) is 0 Å². The highest BCUT2D eigenvalue weighted by molar-refractivity contribution is 9.10. The van der Waals surface area contributed by atoms with E-state index in [9.17, 15) is 9.59 Å². The smallest absolute Gasteiger partial charge is 0.338 e. The van der Waals surface area contributed by atoms with Crippen molar-refractivity contribution in [3.05, 3.63) is 135 Å². The van der Waals surface area contributed by atoms with Crippen LogP contribution in [0.5, 0.6) is 11.5 Å². The fraction of sp³-hybridized carbons (Fsp3) is 0.194. The molecular weight excluding hydrogens is 732 g/mol. The van der Waals surface area contributed by atoms with Crippen LogP contribution in [0.3, 0.4) is 0 Å². The summed E-state index contributed by atoms with van der Waals surface area (Å²) in [5.74, 6) is 0.649. The molecule has 0 saturated carbocycles. The minimum atomic E-state index is -0.705. The molecule has 0 unspecified atom stereocenters. The highest BCUT2D eigenvalue weighted by Gasteiger charge is 2.34. The lowest BCUT2D eigenvalue weighted by Crippen LogP contribution is -2.40. The Bertz CT molecular complexity index is 2160. The summed E-state index contributed by atoms with van der Waals surface area (Å²) in [4.78, 5) is 32.9. The van der Waals surface area contributed by atoms with Crippen LogP contribution >= 0.6 is 43.2 Å². The molecule has 1 aliphatic heterocycles. The van der Waals surface area contributed by atoms with Gasteiger partial charge in [-0.15, -0.1) is 0 Å². The van der Waals surface area contributed by atoms with Crippen molar-refractivity contribution in [2.45, 2.75) is 33.4 Å². The standard InChI is InChI=1S/C36H30Br2N2O5S/c1-4-43-29-18-23(17-28(38)33(29)45-20-22-13-15-25(37)16-14-22)19-30-34(41)40-32(27-12-8-10-24-9-6-7-11-26(24)27)31(35(42)44-5-2)21(3)39-36(40)46-30/h6-19,32H,4-5,20H2,1-3H3/b30-19+/t32-/m0/s1. The number of halogens is 2. The van der Waals surface area contributed by atoms with Gasteiger partial charge in [0.2, 0.25) is 0 Å². The SMILES string of the molecule is CCOC(=O)C1=C(C)N=c2s/c(=C/c3cc(Br)c(OCc4ccc(Br)cc4)c(OCC)c3)c(=O)n2[C@H]1c1cccc2ccccc12. The van der Waals surface area contributed by atoms with Crippen molar-refractivity contribution in [1.82, 2.24) is 4.57 Å². The lowest BCUT2D eigenvalue weighted by Gasteiger charge is -2.25. The Morgan fingerprint density at radius 3 is 2.50 bits per heavy atom. The van der Waals surface area contributed by atoms with Crippen molar-refractivity contribution < 1.29 is 19.0 Å². The molecule has 0 amide bonds. The number of nitrogens with zero attached hydrogens (tertiary/aromatic N) is 2. The van der Waals surface area contributed by atoms with Crippen molar-refractivity contribution in [3.8, 4) is 11.5 Å². The maximum absolute atomic E-state index is 14.3. The third-order valence-electron chi connectivity index (χ3n) is 7.56. The number of fused-ring (bicyclic) bond motifs is 2. The average Bonchev–Trinajstić information content (AvgIpc) is 3.34. The molecule has 0 bridgehead atoms. The summed E-state index contributed by atoms with van der Waals surface area (Å²) in [6, 6.07) is 24.8. The summed E-state index contributed by atoms with van der Waals surface area (Å²) in [5.41, 5.74) is 3.22. The molecule has 1 aliphatic rings. The number of esters is 1. The van der Waals surface area contributed by atoms with E-state index >= 15 is 0 Å². The number of carbonyl (C=O) groups is 1. The third-order valence-corrected chi connectivity index (χ3v) is 9.66. The van der Waals surface area contributed by atoms with Crippen molar-refractivity contribution >= 4 is 66.0 Å². The first kappa shape index (κ1) is 32.0. The summed E-state index contributed by atoms with van der Waals surface area (Å²) >= 11 is 8.41. The van der Waals surface area contributed by atoms with Crippen LogP contribution in [0, 0.1) is 0 Å². The van der Waals surface area contributed by atoms with Crippen LogP contribution in [-0.4, -0.2) is 23.8 Å². The first-order valence-corrected chi connectivity index (χ1v) is 17.2. The van der Waals surface area contributed by atoms with Crippen molar-refractivity contribution in [3.63, 3.8) is 0 Å². The lowest BCUT2D eigenvalue weighted by atomic mass is 9.91. The molecule has 234 valence electrons. The normalized spacial score (nSPS) is 14.6. The van der Waals surface area contributed by atoms with Crippen LogP contribution in [0.2, 0.25) is 0 Å². The zero-order chi connectivity index (χ0) is 32.4. The molecule has 10 heteroatoms. The van der Waals surface area contributed by atoms with Gasteiger partial charge in [-0.1, -0.05) is 81.9 Å². The van der Waals surface area contributed by atoms with Crippen LogP contribution in [0.1, 0.15) is 43.5 Å². The van der Waals surface area contributed by atoms with Gasteiger partial charge in [-0.05, 0) is 94.5 Å². The largest absolute Gasteiger partial charge is 0.490 e. The molecule has 46 heavy (non-hydrogen) atoms. The summed E-state index contributed by atoms with van der Waals surface area (Å²) in [6.07, 6.45) is 1.82. The number of rotatable bonds is 9. The zero-order valence-electron chi connectivity index (χ0n) is 25.4.